The molecule has 0 unspecified atom stereocenters. The summed E-state index contributed by atoms with van der Waals surface area (Å²) in [6.45, 7) is 4.24. The number of rotatable bonds is 3. The van der Waals surface area contributed by atoms with E-state index in [0.717, 1.165) is 14.7 Å². The maximum Gasteiger partial charge on any atom is 0.273 e. The Kier molecular flexibility index (Phi) is 3.92. The zero-order chi connectivity index (χ0) is 14.2. The maximum absolute atomic E-state index is 11.5. The highest BCUT2D eigenvalue weighted by atomic mass is 127. The molecule has 0 atom stereocenters. The summed E-state index contributed by atoms with van der Waals surface area (Å²) in [4.78, 5) is 0. The van der Waals surface area contributed by atoms with Crippen LogP contribution in [0.2, 0.25) is 0 Å². The largest absolute Gasteiger partial charge is 0.297 e. The predicted octanol–water partition coefficient (Wildman–Crippen LogP) is 1.53. The first-order valence-electron chi connectivity index (χ1n) is 5.57. The van der Waals surface area contributed by atoms with Gasteiger partial charge in [-0.15, -0.1) is 10.2 Å². The van der Waals surface area contributed by atoms with Crippen molar-refractivity contribution in [3.8, 4) is 11.4 Å². The third-order valence-electron chi connectivity index (χ3n) is 2.72. The SMILES string of the molecule is CCn1c(-c2cccc(C)c2I)nnc1S(N)(=O)=O. The maximum atomic E-state index is 11.5. The highest BCUT2D eigenvalue weighted by molar-refractivity contribution is 14.1. The van der Waals surface area contributed by atoms with Gasteiger partial charge < -0.3 is 0 Å². The summed E-state index contributed by atoms with van der Waals surface area (Å²) in [6.07, 6.45) is 0. The first-order valence-corrected chi connectivity index (χ1v) is 8.20. The van der Waals surface area contributed by atoms with Crippen LogP contribution in [-0.2, 0) is 16.6 Å². The quantitative estimate of drug-likeness (QED) is 0.803. The molecule has 0 radical (unpaired) electrons. The molecule has 0 spiro atoms. The molecular weight excluding hydrogens is 379 g/mol. The van der Waals surface area contributed by atoms with Crippen LogP contribution in [-0.4, -0.2) is 23.2 Å². The number of nitrogens with two attached hydrogens (primary N) is 1. The zero-order valence-electron chi connectivity index (χ0n) is 10.5. The smallest absolute Gasteiger partial charge is 0.273 e. The molecule has 1 heterocycles. The van der Waals surface area contributed by atoms with Gasteiger partial charge in [-0.25, -0.2) is 13.6 Å². The van der Waals surface area contributed by atoms with Crippen LogP contribution in [0.4, 0.5) is 0 Å². The molecule has 0 aliphatic heterocycles. The number of halogens is 1. The highest BCUT2D eigenvalue weighted by Crippen LogP contribution is 2.27. The lowest BCUT2D eigenvalue weighted by molar-refractivity contribution is 0.571. The van der Waals surface area contributed by atoms with Gasteiger partial charge in [-0.05, 0) is 42.0 Å². The van der Waals surface area contributed by atoms with Gasteiger partial charge in [0.15, 0.2) is 5.82 Å². The molecule has 8 heteroatoms. The molecule has 2 rings (SSSR count). The van der Waals surface area contributed by atoms with Crippen LogP contribution in [0, 0.1) is 10.5 Å². The molecule has 6 nitrogen and oxygen atoms in total. The van der Waals surface area contributed by atoms with Crippen molar-refractivity contribution in [3.63, 3.8) is 0 Å². The molecule has 0 fully saturated rings. The lowest BCUT2D eigenvalue weighted by Crippen LogP contribution is -2.18. The molecule has 2 N–H and O–H groups in total. The van der Waals surface area contributed by atoms with Crippen LogP contribution >= 0.6 is 22.6 Å². The van der Waals surface area contributed by atoms with Gasteiger partial charge in [-0.2, -0.15) is 0 Å². The standard InChI is InChI=1S/C11H13IN4O2S/c1-3-16-10(14-15-11(16)19(13,17)18)8-6-4-5-7(2)9(8)12/h4-6H,3H2,1-2H3,(H2,13,17,18). The minimum atomic E-state index is -3.87. The second-order valence-corrected chi connectivity index (χ2v) is 6.57. The van der Waals surface area contributed by atoms with Gasteiger partial charge in [0.2, 0.25) is 0 Å². The van der Waals surface area contributed by atoms with Crippen LogP contribution in [0.5, 0.6) is 0 Å². The molecule has 0 aliphatic carbocycles. The Morgan fingerprint density at radius 1 is 1.37 bits per heavy atom. The average molecular weight is 392 g/mol. The van der Waals surface area contributed by atoms with Gasteiger partial charge in [0, 0.05) is 15.7 Å². The summed E-state index contributed by atoms with van der Waals surface area (Å²) in [5, 5.41) is 12.6. The van der Waals surface area contributed by atoms with Crippen molar-refractivity contribution in [2.24, 2.45) is 5.14 Å². The summed E-state index contributed by atoms with van der Waals surface area (Å²) in [6, 6.07) is 5.77. The molecule has 1 aromatic heterocycles. The number of benzene rings is 1. The zero-order valence-corrected chi connectivity index (χ0v) is 13.4. The summed E-state index contributed by atoms with van der Waals surface area (Å²) in [5.41, 5.74) is 1.95. The van der Waals surface area contributed by atoms with Crippen molar-refractivity contribution < 1.29 is 8.42 Å². The Morgan fingerprint density at radius 3 is 2.63 bits per heavy atom. The fraction of sp³-hybridized carbons (Fsp3) is 0.273. The van der Waals surface area contributed by atoms with Gasteiger partial charge in [0.25, 0.3) is 15.2 Å². The van der Waals surface area contributed by atoms with E-state index in [0.29, 0.717) is 12.4 Å². The van der Waals surface area contributed by atoms with Crippen LogP contribution in [0.25, 0.3) is 11.4 Å². The molecule has 0 aliphatic rings. The Morgan fingerprint density at radius 2 is 2.05 bits per heavy atom. The van der Waals surface area contributed by atoms with E-state index in [9.17, 15) is 8.42 Å². The average Bonchev–Trinajstić information content (AvgIpc) is 2.76. The highest BCUT2D eigenvalue weighted by Gasteiger charge is 2.22. The Balaban J connectivity index is 2.71. The van der Waals surface area contributed by atoms with Crippen molar-refractivity contribution in [1.82, 2.24) is 14.8 Å². The molecule has 0 amide bonds. The molecule has 0 saturated carbocycles. The molecule has 2 aromatic rings. The topological polar surface area (TPSA) is 90.9 Å². The molecule has 19 heavy (non-hydrogen) atoms. The Labute approximate surface area is 125 Å². The minimum Gasteiger partial charge on any atom is -0.297 e. The van der Waals surface area contributed by atoms with Gasteiger partial charge in [0.1, 0.15) is 0 Å². The fourth-order valence-electron chi connectivity index (χ4n) is 1.80. The van der Waals surface area contributed by atoms with E-state index < -0.39 is 10.0 Å². The van der Waals surface area contributed by atoms with E-state index in [1.807, 2.05) is 32.0 Å². The van der Waals surface area contributed by atoms with Gasteiger partial charge in [0.05, 0.1) is 0 Å². The monoisotopic (exact) mass is 392 g/mol. The fourth-order valence-corrected chi connectivity index (χ4v) is 3.08. The van der Waals surface area contributed by atoms with Gasteiger partial charge in [-0.1, -0.05) is 18.2 Å². The Bertz CT molecular complexity index is 724. The molecular formula is C11H13IN4O2S. The van der Waals surface area contributed by atoms with Crippen LogP contribution in [0.3, 0.4) is 0 Å². The second-order valence-electron chi connectivity index (χ2n) is 4.03. The lowest BCUT2D eigenvalue weighted by atomic mass is 10.1. The first kappa shape index (κ1) is 14.4. The summed E-state index contributed by atoms with van der Waals surface area (Å²) in [5.74, 6) is 0.514. The van der Waals surface area contributed by atoms with Crippen LogP contribution in [0.1, 0.15) is 12.5 Å². The van der Waals surface area contributed by atoms with E-state index in [2.05, 4.69) is 32.8 Å². The van der Waals surface area contributed by atoms with Gasteiger partial charge in [-0.3, -0.25) is 4.57 Å². The number of aryl methyl sites for hydroxylation is 1. The van der Waals surface area contributed by atoms with Crippen molar-refractivity contribution in [3.05, 3.63) is 27.3 Å². The number of hydrogen-bond donors (Lipinski definition) is 1. The summed E-state index contributed by atoms with van der Waals surface area (Å²) < 4.78 is 25.4. The van der Waals surface area contributed by atoms with Crippen molar-refractivity contribution in [2.75, 3.05) is 0 Å². The lowest BCUT2D eigenvalue weighted by Gasteiger charge is -2.09. The minimum absolute atomic E-state index is 0.206. The van der Waals surface area contributed by atoms with E-state index in [1.165, 1.54) is 4.57 Å². The van der Waals surface area contributed by atoms with E-state index in [-0.39, 0.29) is 5.16 Å². The number of hydrogen-bond acceptors (Lipinski definition) is 4. The van der Waals surface area contributed by atoms with E-state index in [4.69, 9.17) is 5.14 Å². The third-order valence-corrected chi connectivity index (χ3v) is 4.96. The number of sulfonamides is 1. The van der Waals surface area contributed by atoms with Crippen LogP contribution in [0.15, 0.2) is 23.4 Å². The molecule has 0 saturated heterocycles. The van der Waals surface area contributed by atoms with Crippen molar-refractivity contribution in [2.45, 2.75) is 25.5 Å². The molecule has 102 valence electrons. The van der Waals surface area contributed by atoms with E-state index in [1.54, 1.807) is 0 Å². The number of nitrogens with zero attached hydrogens (tertiary/aromatic N) is 3. The predicted molar refractivity (Wildman–Crippen MR) is 80.0 cm³/mol. The summed E-state index contributed by atoms with van der Waals surface area (Å²) >= 11 is 2.21. The van der Waals surface area contributed by atoms with Gasteiger partial charge >= 0.3 is 0 Å². The number of aromatic nitrogens is 3. The first-order chi connectivity index (χ1) is 8.86. The van der Waals surface area contributed by atoms with Crippen LogP contribution < -0.4 is 5.14 Å². The Hall–Kier alpha value is -1.00. The van der Waals surface area contributed by atoms with Crippen molar-refractivity contribution >= 4 is 32.6 Å². The third kappa shape index (κ3) is 2.65. The number of primary sulfonamides is 1. The molecule has 1 aromatic carbocycles. The van der Waals surface area contributed by atoms with Crippen molar-refractivity contribution in [1.29, 1.82) is 0 Å². The second kappa shape index (κ2) is 5.17. The van der Waals surface area contributed by atoms with E-state index >= 15 is 0 Å². The normalized spacial score (nSPS) is 11.8. The molecule has 0 bridgehead atoms. The summed E-state index contributed by atoms with van der Waals surface area (Å²) in [7, 11) is -3.87.